The van der Waals surface area contributed by atoms with Crippen molar-refractivity contribution in [3.05, 3.63) is 92.9 Å². The molecule has 0 bridgehead atoms. The fraction of sp³-hybridized carbons (Fsp3) is 0.0870. The zero-order valence-electron chi connectivity index (χ0n) is 16.3. The summed E-state index contributed by atoms with van der Waals surface area (Å²) in [5.41, 5.74) is 1.54. The van der Waals surface area contributed by atoms with Gasteiger partial charge >= 0.3 is 0 Å². The smallest absolute Gasteiger partial charge is 0.268 e. The van der Waals surface area contributed by atoms with E-state index < -0.39 is 5.91 Å². The van der Waals surface area contributed by atoms with Gasteiger partial charge in [0, 0.05) is 27.5 Å². The van der Waals surface area contributed by atoms with Crippen molar-refractivity contribution in [1.82, 2.24) is 4.98 Å². The lowest BCUT2D eigenvalue weighted by molar-refractivity contribution is -0.112. The normalized spacial score (nSPS) is 10.9. The molecule has 5 nitrogen and oxygen atoms in total. The Morgan fingerprint density at radius 3 is 2.74 bits per heavy atom. The number of amides is 1. The number of nitrogens with zero attached hydrogens (tertiary/aromatic N) is 2. The topological polar surface area (TPSA) is 75.0 Å². The third-order valence-electron chi connectivity index (χ3n) is 4.07. The maximum atomic E-state index is 12.5. The van der Waals surface area contributed by atoms with Crippen molar-refractivity contribution in [1.29, 1.82) is 5.26 Å². The van der Waals surface area contributed by atoms with E-state index in [1.807, 2.05) is 6.07 Å². The molecule has 0 radical (unpaired) electrons. The van der Waals surface area contributed by atoms with Gasteiger partial charge in [0.05, 0.1) is 0 Å². The monoisotopic (exact) mass is 469 g/mol. The Bertz CT molecular complexity index is 1160. The molecule has 3 rings (SSSR count). The lowest BCUT2D eigenvalue weighted by atomic mass is 10.1. The number of carbonyl (C=O) groups excluding carboxylic acids is 1. The van der Waals surface area contributed by atoms with Gasteiger partial charge in [0.1, 0.15) is 24.0 Å². The van der Waals surface area contributed by atoms with Gasteiger partial charge in [-0.05, 0) is 47.5 Å². The number of benzene rings is 2. The molecule has 1 N–H and O–H groups in total. The minimum atomic E-state index is -0.531. The van der Waals surface area contributed by atoms with E-state index in [1.165, 1.54) is 17.4 Å². The number of carbonyl (C=O) groups is 1. The van der Waals surface area contributed by atoms with Gasteiger partial charge in [-0.2, -0.15) is 5.26 Å². The van der Waals surface area contributed by atoms with Crippen LogP contribution in [-0.2, 0) is 11.2 Å². The zero-order chi connectivity index (χ0) is 22.2. The Morgan fingerprint density at radius 1 is 1.26 bits per heavy atom. The van der Waals surface area contributed by atoms with Crippen LogP contribution < -0.4 is 10.1 Å². The van der Waals surface area contributed by atoms with Gasteiger partial charge < -0.3 is 4.74 Å². The zero-order valence-corrected chi connectivity index (χ0v) is 18.6. The summed E-state index contributed by atoms with van der Waals surface area (Å²) in [6.45, 7) is 4.00. The highest BCUT2D eigenvalue weighted by atomic mass is 35.5. The van der Waals surface area contributed by atoms with Crippen LogP contribution >= 0.6 is 34.5 Å². The van der Waals surface area contributed by atoms with Crippen LogP contribution in [0.15, 0.2) is 66.9 Å². The minimum Gasteiger partial charge on any atom is -0.490 e. The standard InChI is InChI=1S/C23H17Cl2N3O2S/c1-2-9-30-19-6-3-15(4-7-19)10-17(13-26)22(29)28-23-27-14-20(31-23)12-16-11-18(24)5-8-21(16)25/h2-8,10-11,14H,1,9,12H2,(H,27,28,29)/b17-10-. The second-order valence-corrected chi connectivity index (χ2v) is 8.30. The van der Waals surface area contributed by atoms with E-state index >= 15 is 0 Å². The summed E-state index contributed by atoms with van der Waals surface area (Å²) < 4.78 is 5.42. The Kier molecular flexibility index (Phi) is 7.85. The van der Waals surface area contributed by atoms with Gasteiger partial charge in [0.25, 0.3) is 5.91 Å². The van der Waals surface area contributed by atoms with Crippen molar-refractivity contribution in [2.24, 2.45) is 0 Å². The summed E-state index contributed by atoms with van der Waals surface area (Å²) in [5.74, 6) is 0.145. The quantitative estimate of drug-likeness (QED) is 0.243. The van der Waals surface area contributed by atoms with Gasteiger partial charge in [-0.25, -0.2) is 4.98 Å². The Balaban J connectivity index is 1.67. The predicted octanol–water partition coefficient (Wildman–Crippen LogP) is 6.15. The first-order valence-electron chi connectivity index (χ1n) is 9.14. The molecule has 1 amide bonds. The lowest BCUT2D eigenvalue weighted by Crippen LogP contribution is -2.13. The number of aromatic nitrogens is 1. The number of halogens is 2. The second-order valence-electron chi connectivity index (χ2n) is 6.34. The highest BCUT2D eigenvalue weighted by Crippen LogP contribution is 2.27. The summed E-state index contributed by atoms with van der Waals surface area (Å²) in [4.78, 5) is 17.6. The van der Waals surface area contributed by atoms with E-state index in [9.17, 15) is 10.1 Å². The van der Waals surface area contributed by atoms with E-state index in [0.717, 1.165) is 10.4 Å². The molecule has 0 unspecified atom stereocenters. The number of nitriles is 1. The van der Waals surface area contributed by atoms with Crippen molar-refractivity contribution in [2.75, 3.05) is 11.9 Å². The van der Waals surface area contributed by atoms with Gasteiger partial charge in [-0.15, -0.1) is 11.3 Å². The average Bonchev–Trinajstić information content (AvgIpc) is 3.20. The van der Waals surface area contributed by atoms with E-state index in [0.29, 0.717) is 39.5 Å². The maximum absolute atomic E-state index is 12.5. The lowest BCUT2D eigenvalue weighted by Gasteiger charge is -2.04. The van der Waals surface area contributed by atoms with Crippen molar-refractivity contribution >= 4 is 51.7 Å². The van der Waals surface area contributed by atoms with Gasteiger partial charge in [0.15, 0.2) is 5.13 Å². The third kappa shape index (κ3) is 6.43. The Labute approximate surface area is 194 Å². The average molecular weight is 470 g/mol. The highest BCUT2D eigenvalue weighted by molar-refractivity contribution is 7.15. The summed E-state index contributed by atoms with van der Waals surface area (Å²) >= 11 is 13.5. The predicted molar refractivity (Wildman–Crippen MR) is 126 cm³/mol. The fourth-order valence-electron chi connectivity index (χ4n) is 2.61. The first-order valence-corrected chi connectivity index (χ1v) is 10.7. The molecular weight excluding hydrogens is 453 g/mol. The summed E-state index contributed by atoms with van der Waals surface area (Å²) in [7, 11) is 0. The van der Waals surface area contributed by atoms with Crippen molar-refractivity contribution in [3.63, 3.8) is 0 Å². The molecule has 0 saturated heterocycles. The van der Waals surface area contributed by atoms with Crippen molar-refractivity contribution < 1.29 is 9.53 Å². The number of hydrogen-bond donors (Lipinski definition) is 1. The van der Waals surface area contributed by atoms with Crippen molar-refractivity contribution in [3.8, 4) is 11.8 Å². The molecule has 31 heavy (non-hydrogen) atoms. The molecule has 1 heterocycles. The van der Waals surface area contributed by atoms with Gasteiger partial charge in [-0.3, -0.25) is 10.1 Å². The number of ether oxygens (including phenoxy) is 1. The van der Waals surface area contributed by atoms with Gasteiger partial charge in [-0.1, -0.05) is 48.0 Å². The number of nitrogens with one attached hydrogen (secondary N) is 1. The van der Waals surface area contributed by atoms with Crippen LogP contribution in [-0.4, -0.2) is 17.5 Å². The SMILES string of the molecule is C=CCOc1ccc(/C=C(/C#N)C(=O)Nc2ncc(Cc3cc(Cl)ccc3Cl)s2)cc1. The first-order chi connectivity index (χ1) is 15.0. The van der Waals surface area contributed by atoms with Gasteiger partial charge in [0.2, 0.25) is 0 Å². The molecule has 0 saturated carbocycles. The first kappa shape index (κ1) is 22.6. The van der Waals surface area contributed by atoms with Crippen LogP contribution in [0.25, 0.3) is 6.08 Å². The van der Waals surface area contributed by atoms with Crippen LogP contribution in [0.4, 0.5) is 5.13 Å². The second kappa shape index (κ2) is 10.8. The maximum Gasteiger partial charge on any atom is 0.268 e. The van der Waals surface area contributed by atoms with E-state index in [2.05, 4.69) is 16.9 Å². The van der Waals surface area contributed by atoms with Crippen LogP contribution in [0.1, 0.15) is 16.0 Å². The molecule has 0 spiro atoms. The molecule has 0 aliphatic carbocycles. The van der Waals surface area contributed by atoms with Crippen LogP contribution in [0, 0.1) is 11.3 Å². The minimum absolute atomic E-state index is 0.0330. The molecule has 156 valence electrons. The Hall–Kier alpha value is -3.11. The number of anilines is 1. The summed E-state index contributed by atoms with van der Waals surface area (Å²) in [6, 6.07) is 14.2. The van der Waals surface area contributed by atoms with Crippen LogP contribution in [0.5, 0.6) is 5.75 Å². The largest absolute Gasteiger partial charge is 0.490 e. The third-order valence-corrected chi connectivity index (χ3v) is 5.59. The van der Waals surface area contributed by atoms with Crippen LogP contribution in [0.3, 0.4) is 0 Å². The molecule has 0 aliphatic rings. The number of hydrogen-bond acceptors (Lipinski definition) is 5. The molecule has 8 heteroatoms. The van der Waals surface area contributed by atoms with E-state index in [1.54, 1.807) is 54.7 Å². The number of rotatable bonds is 8. The highest BCUT2D eigenvalue weighted by Gasteiger charge is 2.13. The molecule has 1 aromatic heterocycles. The Morgan fingerprint density at radius 2 is 2.03 bits per heavy atom. The van der Waals surface area contributed by atoms with Crippen molar-refractivity contribution in [2.45, 2.75) is 6.42 Å². The molecule has 0 atom stereocenters. The van der Waals surface area contributed by atoms with Crippen LogP contribution in [0.2, 0.25) is 10.0 Å². The molecular formula is C23H17Cl2N3O2S. The molecule has 0 fully saturated rings. The fourth-order valence-corrected chi connectivity index (χ4v) is 3.82. The summed E-state index contributed by atoms with van der Waals surface area (Å²) in [5, 5.41) is 13.7. The molecule has 0 aliphatic heterocycles. The molecule has 3 aromatic rings. The van der Waals surface area contributed by atoms with E-state index in [4.69, 9.17) is 27.9 Å². The molecule has 2 aromatic carbocycles. The summed E-state index contributed by atoms with van der Waals surface area (Å²) in [6.07, 6.45) is 5.36. The number of thiazole rings is 1. The van der Waals surface area contributed by atoms with E-state index in [-0.39, 0.29) is 5.57 Å².